The van der Waals surface area contributed by atoms with Gasteiger partial charge in [0.2, 0.25) is 0 Å². The monoisotopic (exact) mass is 440 g/mol. The minimum Gasteiger partial charge on any atom is -0.435 e. The van der Waals surface area contributed by atoms with E-state index >= 15 is 4.39 Å². The third-order valence-corrected chi connectivity index (χ3v) is 6.90. The van der Waals surface area contributed by atoms with E-state index in [4.69, 9.17) is 0 Å². The number of rotatable bonds is 8. The van der Waals surface area contributed by atoms with Crippen molar-refractivity contribution in [3.05, 3.63) is 77.1 Å². The van der Waals surface area contributed by atoms with E-state index in [0.717, 1.165) is 16.9 Å². The number of hydrogen-bond acceptors (Lipinski definition) is 1. The molecule has 0 amide bonds. The van der Waals surface area contributed by atoms with E-state index in [1.54, 1.807) is 12.1 Å². The van der Waals surface area contributed by atoms with Crippen LogP contribution in [-0.4, -0.2) is 6.61 Å². The molecule has 0 heterocycles. The molecule has 0 saturated heterocycles. The smallest absolute Gasteiger partial charge is 0.387 e. The van der Waals surface area contributed by atoms with Gasteiger partial charge in [-0.05, 0) is 84.6 Å². The zero-order valence-electron chi connectivity index (χ0n) is 18.6. The molecule has 0 aromatic heterocycles. The predicted molar refractivity (Wildman–Crippen MR) is 124 cm³/mol. The van der Waals surface area contributed by atoms with Gasteiger partial charge in [0.1, 0.15) is 11.6 Å². The zero-order chi connectivity index (χ0) is 22.5. The van der Waals surface area contributed by atoms with Gasteiger partial charge in [0.05, 0.1) is 0 Å². The summed E-state index contributed by atoms with van der Waals surface area (Å²) in [6, 6.07) is 16.7. The average molecular weight is 441 g/mol. The molecule has 0 aliphatic heterocycles. The minimum atomic E-state index is -2.83. The maximum Gasteiger partial charge on any atom is 0.387 e. The van der Waals surface area contributed by atoms with Crippen molar-refractivity contribution < 1.29 is 17.9 Å². The fraction of sp³-hybridized carbons (Fsp3) is 0.429. The van der Waals surface area contributed by atoms with Gasteiger partial charge in [0.25, 0.3) is 0 Å². The average Bonchev–Trinajstić information content (AvgIpc) is 2.80. The molecule has 0 atom stereocenters. The molecule has 3 aromatic rings. The molecule has 1 aliphatic carbocycles. The molecule has 4 rings (SSSR count). The lowest BCUT2D eigenvalue weighted by Crippen LogP contribution is -2.13. The van der Waals surface area contributed by atoms with Crippen LogP contribution in [0.4, 0.5) is 13.2 Å². The predicted octanol–water partition coefficient (Wildman–Crippen LogP) is 8.44. The number of alkyl halides is 2. The lowest BCUT2D eigenvalue weighted by atomic mass is 9.77. The molecule has 0 unspecified atom stereocenters. The van der Waals surface area contributed by atoms with E-state index in [2.05, 4.69) is 23.8 Å². The summed E-state index contributed by atoms with van der Waals surface area (Å²) in [5, 5.41) is 1.64. The number of hydrogen-bond donors (Lipinski definition) is 0. The highest BCUT2D eigenvalue weighted by Crippen LogP contribution is 2.38. The number of ether oxygens (including phenoxy) is 1. The molecule has 1 aliphatic rings. The van der Waals surface area contributed by atoms with E-state index in [9.17, 15) is 8.78 Å². The summed E-state index contributed by atoms with van der Waals surface area (Å²) in [6.45, 7) is -0.566. The lowest BCUT2D eigenvalue weighted by molar-refractivity contribution is -0.0498. The zero-order valence-corrected chi connectivity index (χ0v) is 18.6. The van der Waals surface area contributed by atoms with Crippen LogP contribution in [0.15, 0.2) is 54.6 Å². The summed E-state index contributed by atoms with van der Waals surface area (Å²) in [4.78, 5) is 0. The molecule has 4 heteroatoms. The van der Waals surface area contributed by atoms with Crippen molar-refractivity contribution >= 4 is 10.8 Å². The largest absolute Gasteiger partial charge is 0.435 e. The first-order valence-electron chi connectivity index (χ1n) is 11.8. The molecular formula is C28H31F3O. The summed E-state index contributed by atoms with van der Waals surface area (Å²) in [7, 11) is 0. The van der Waals surface area contributed by atoms with Crippen molar-refractivity contribution in [1.29, 1.82) is 0 Å². The van der Waals surface area contributed by atoms with Crippen molar-refractivity contribution in [3.63, 3.8) is 0 Å². The normalized spacial score (nSPS) is 18.9. The number of halogens is 3. The van der Waals surface area contributed by atoms with Gasteiger partial charge in [-0.2, -0.15) is 8.78 Å². The van der Waals surface area contributed by atoms with E-state index in [1.165, 1.54) is 56.2 Å². The van der Waals surface area contributed by atoms with Crippen LogP contribution >= 0.6 is 0 Å². The van der Waals surface area contributed by atoms with Gasteiger partial charge in [-0.3, -0.25) is 0 Å². The van der Waals surface area contributed by atoms with Crippen LogP contribution in [0.25, 0.3) is 10.8 Å². The second-order valence-electron chi connectivity index (χ2n) is 9.05. The van der Waals surface area contributed by atoms with E-state index < -0.39 is 6.61 Å². The SMILES string of the molecule is CCCC1CCC(c2ccc3c(F)c(CCc4ccc(OC(F)F)cc4)ccc3c2)CC1. The minimum absolute atomic E-state index is 0.135. The molecule has 0 N–H and O–H groups in total. The summed E-state index contributed by atoms with van der Waals surface area (Å²) in [5.41, 5.74) is 2.98. The Morgan fingerprint density at radius 3 is 2.34 bits per heavy atom. The highest BCUT2D eigenvalue weighted by Gasteiger charge is 2.22. The first kappa shape index (κ1) is 22.7. The van der Waals surface area contributed by atoms with Gasteiger partial charge in [-0.25, -0.2) is 4.39 Å². The molecule has 32 heavy (non-hydrogen) atoms. The lowest BCUT2D eigenvalue weighted by Gasteiger charge is -2.28. The summed E-state index contributed by atoms with van der Waals surface area (Å²) in [5.74, 6) is 1.45. The maximum absolute atomic E-state index is 15.2. The van der Waals surface area contributed by atoms with Crippen molar-refractivity contribution in [1.82, 2.24) is 0 Å². The fourth-order valence-corrected chi connectivity index (χ4v) is 5.11. The molecule has 1 nitrogen and oxygen atoms in total. The number of fused-ring (bicyclic) bond motifs is 1. The first-order chi connectivity index (χ1) is 15.5. The van der Waals surface area contributed by atoms with Crippen LogP contribution in [0.2, 0.25) is 0 Å². The maximum atomic E-state index is 15.2. The third-order valence-electron chi connectivity index (χ3n) is 6.90. The first-order valence-corrected chi connectivity index (χ1v) is 11.8. The Bertz CT molecular complexity index is 1020. The Balaban J connectivity index is 1.42. The van der Waals surface area contributed by atoms with Crippen molar-refractivity contribution in [2.45, 2.75) is 70.8 Å². The van der Waals surface area contributed by atoms with Gasteiger partial charge < -0.3 is 4.74 Å². The second-order valence-corrected chi connectivity index (χ2v) is 9.05. The van der Waals surface area contributed by atoms with Crippen LogP contribution in [0.3, 0.4) is 0 Å². The molecule has 0 bridgehead atoms. The van der Waals surface area contributed by atoms with Gasteiger partial charge >= 0.3 is 6.61 Å². The second kappa shape index (κ2) is 10.4. The van der Waals surface area contributed by atoms with Crippen LogP contribution < -0.4 is 4.74 Å². The third kappa shape index (κ3) is 5.46. The van der Waals surface area contributed by atoms with Crippen LogP contribution in [-0.2, 0) is 12.8 Å². The standard InChI is InChI=1S/C28H31F3O/c1-2-3-19-4-9-21(10-5-19)23-14-17-26-24(18-23)13-12-22(27(26)29)11-6-20-7-15-25(16-8-20)32-28(30)31/h7-8,12-19,21,28H,2-6,9-11H2,1H3. The Morgan fingerprint density at radius 2 is 1.66 bits per heavy atom. The Kier molecular flexibility index (Phi) is 7.39. The Hall–Kier alpha value is -2.49. The summed E-state index contributed by atoms with van der Waals surface area (Å²) in [6.07, 6.45) is 8.88. The summed E-state index contributed by atoms with van der Waals surface area (Å²) < 4.78 is 44.1. The van der Waals surface area contributed by atoms with Gasteiger partial charge in [-0.15, -0.1) is 0 Å². The van der Waals surface area contributed by atoms with Crippen molar-refractivity contribution in [2.24, 2.45) is 5.92 Å². The van der Waals surface area contributed by atoms with Crippen LogP contribution in [0, 0.1) is 11.7 Å². The molecule has 1 fully saturated rings. The Morgan fingerprint density at radius 1 is 0.906 bits per heavy atom. The van der Waals surface area contributed by atoms with Crippen LogP contribution in [0.1, 0.15) is 68.1 Å². The van der Waals surface area contributed by atoms with E-state index in [0.29, 0.717) is 29.7 Å². The molecule has 0 radical (unpaired) electrons. The topological polar surface area (TPSA) is 9.23 Å². The van der Waals surface area contributed by atoms with Crippen LogP contribution in [0.5, 0.6) is 5.75 Å². The van der Waals surface area contributed by atoms with Crippen molar-refractivity contribution in [2.75, 3.05) is 0 Å². The quantitative estimate of drug-likeness (QED) is 0.341. The number of benzene rings is 3. The molecule has 1 saturated carbocycles. The highest BCUT2D eigenvalue weighted by atomic mass is 19.3. The van der Waals surface area contributed by atoms with E-state index in [1.807, 2.05) is 18.2 Å². The molecule has 0 spiro atoms. The molecule has 3 aromatic carbocycles. The fourth-order valence-electron chi connectivity index (χ4n) is 5.11. The summed E-state index contributed by atoms with van der Waals surface area (Å²) >= 11 is 0. The van der Waals surface area contributed by atoms with Gasteiger partial charge in [0.15, 0.2) is 0 Å². The van der Waals surface area contributed by atoms with Crippen molar-refractivity contribution in [3.8, 4) is 5.75 Å². The highest BCUT2D eigenvalue weighted by molar-refractivity contribution is 5.84. The molecular weight excluding hydrogens is 409 g/mol. The Labute approximate surface area is 188 Å². The van der Waals surface area contributed by atoms with E-state index in [-0.39, 0.29) is 11.6 Å². The number of aryl methyl sites for hydroxylation is 2. The molecule has 170 valence electrons. The van der Waals surface area contributed by atoms with Gasteiger partial charge in [-0.1, -0.05) is 62.2 Å². The van der Waals surface area contributed by atoms with Gasteiger partial charge in [0, 0.05) is 5.39 Å².